The second-order valence-electron chi connectivity index (χ2n) is 4.99. The fourth-order valence-corrected chi connectivity index (χ4v) is 2.70. The van der Waals surface area contributed by atoms with Gasteiger partial charge in [0.15, 0.2) is 21.4 Å². The van der Waals surface area contributed by atoms with E-state index < -0.39 is 27.5 Å². The number of benzene rings is 2. The summed E-state index contributed by atoms with van der Waals surface area (Å²) in [5, 5.41) is 12.0. The van der Waals surface area contributed by atoms with Gasteiger partial charge in [0.1, 0.15) is 6.04 Å². The molecule has 24 heavy (non-hydrogen) atoms. The van der Waals surface area contributed by atoms with Crippen LogP contribution in [-0.2, 0) is 9.84 Å². The SMILES string of the molecule is COc1ccc(C(C#N)Nc2ccc(S(C)(=O)=O)cc2)c(F)c1F. The van der Waals surface area contributed by atoms with Crippen molar-refractivity contribution in [1.82, 2.24) is 0 Å². The lowest BCUT2D eigenvalue weighted by Crippen LogP contribution is -2.12. The van der Waals surface area contributed by atoms with Crippen LogP contribution in [0.15, 0.2) is 41.3 Å². The highest BCUT2D eigenvalue weighted by molar-refractivity contribution is 7.90. The Morgan fingerprint density at radius 2 is 1.75 bits per heavy atom. The van der Waals surface area contributed by atoms with Crippen molar-refractivity contribution in [2.24, 2.45) is 0 Å². The lowest BCUT2D eigenvalue weighted by molar-refractivity contribution is 0.370. The van der Waals surface area contributed by atoms with Gasteiger partial charge in [-0.1, -0.05) is 0 Å². The van der Waals surface area contributed by atoms with Gasteiger partial charge >= 0.3 is 0 Å². The molecule has 0 aliphatic rings. The zero-order valence-electron chi connectivity index (χ0n) is 12.9. The summed E-state index contributed by atoms with van der Waals surface area (Å²) < 4.78 is 55.4. The normalized spacial score (nSPS) is 12.3. The molecule has 2 rings (SSSR count). The molecule has 0 heterocycles. The first-order valence-electron chi connectivity index (χ1n) is 6.76. The van der Waals surface area contributed by atoms with E-state index in [2.05, 4.69) is 10.1 Å². The average Bonchev–Trinajstić information content (AvgIpc) is 2.55. The van der Waals surface area contributed by atoms with Crippen molar-refractivity contribution in [3.05, 3.63) is 53.6 Å². The maximum Gasteiger partial charge on any atom is 0.200 e. The Balaban J connectivity index is 2.31. The van der Waals surface area contributed by atoms with Gasteiger partial charge in [-0.15, -0.1) is 0 Å². The van der Waals surface area contributed by atoms with Gasteiger partial charge < -0.3 is 10.1 Å². The third kappa shape index (κ3) is 3.63. The highest BCUT2D eigenvalue weighted by Gasteiger charge is 2.21. The number of sulfone groups is 1. The number of hydrogen-bond acceptors (Lipinski definition) is 5. The molecule has 0 aliphatic heterocycles. The summed E-state index contributed by atoms with van der Waals surface area (Å²) in [6, 6.07) is 8.77. The number of nitrogens with zero attached hydrogens (tertiary/aromatic N) is 1. The van der Waals surface area contributed by atoms with Crippen molar-refractivity contribution in [2.45, 2.75) is 10.9 Å². The number of nitriles is 1. The maximum atomic E-state index is 14.1. The minimum atomic E-state index is -3.34. The van der Waals surface area contributed by atoms with Gasteiger partial charge in [-0.2, -0.15) is 9.65 Å². The zero-order valence-corrected chi connectivity index (χ0v) is 13.7. The zero-order chi connectivity index (χ0) is 17.9. The van der Waals surface area contributed by atoms with Crippen molar-refractivity contribution in [3.8, 4) is 11.8 Å². The maximum absolute atomic E-state index is 14.1. The molecule has 1 unspecified atom stereocenters. The van der Waals surface area contributed by atoms with Gasteiger partial charge in [-0.25, -0.2) is 12.8 Å². The molecule has 5 nitrogen and oxygen atoms in total. The highest BCUT2D eigenvalue weighted by Crippen LogP contribution is 2.28. The Hall–Kier alpha value is -2.66. The quantitative estimate of drug-likeness (QED) is 0.895. The van der Waals surface area contributed by atoms with Crippen LogP contribution in [0.1, 0.15) is 11.6 Å². The fraction of sp³-hybridized carbons (Fsp3) is 0.188. The van der Waals surface area contributed by atoms with E-state index in [9.17, 15) is 22.5 Å². The van der Waals surface area contributed by atoms with Crippen LogP contribution >= 0.6 is 0 Å². The van der Waals surface area contributed by atoms with E-state index in [1.54, 1.807) is 0 Å². The minimum Gasteiger partial charge on any atom is -0.494 e. The second-order valence-corrected chi connectivity index (χ2v) is 7.00. The number of methoxy groups -OCH3 is 1. The van der Waals surface area contributed by atoms with Crippen LogP contribution in [0.2, 0.25) is 0 Å². The average molecular weight is 352 g/mol. The van der Waals surface area contributed by atoms with E-state index in [1.807, 2.05) is 6.07 Å². The molecule has 0 saturated heterocycles. The third-order valence-corrected chi connectivity index (χ3v) is 4.46. The minimum absolute atomic E-state index is 0.114. The summed E-state index contributed by atoms with van der Waals surface area (Å²) in [4.78, 5) is 0.114. The van der Waals surface area contributed by atoms with Crippen molar-refractivity contribution in [2.75, 3.05) is 18.7 Å². The van der Waals surface area contributed by atoms with E-state index in [0.29, 0.717) is 5.69 Å². The summed E-state index contributed by atoms with van der Waals surface area (Å²) >= 11 is 0. The van der Waals surface area contributed by atoms with Gasteiger partial charge in [0, 0.05) is 17.5 Å². The van der Waals surface area contributed by atoms with Gasteiger partial charge in [0.25, 0.3) is 0 Å². The lowest BCUT2D eigenvalue weighted by atomic mass is 10.1. The van der Waals surface area contributed by atoms with Crippen molar-refractivity contribution >= 4 is 15.5 Å². The topological polar surface area (TPSA) is 79.2 Å². The molecule has 0 aromatic heterocycles. The van der Waals surface area contributed by atoms with Crippen LogP contribution in [0, 0.1) is 23.0 Å². The predicted molar refractivity (Wildman–Crippen MR) is 84.4 cm³/mol. The standard InChI is InChI=1S/C16H14F2N2O3S/c1-23-14-8-7-12(15(17)16(14)18)13(9-19)20-10-3-5-11(6-4-10)24(2,21)22/h3-8,13,20H,1-2H3. The van der Waals surface area contributed by atoms with Crippen LogP contribution < -0.4 is 10.1 Å². The Labute approximate surface area is 138 Å². The van der Waals surface area contributed by atoms with Crippen molar-refractivity contribution in [1.29, 1.82) is 5.26 Å². The predicted octanol–water partition coefficient (Wildman–Crippen LogP) is 3.05. The number of rotatable bonds is 5. The molecule has 0 amide bonds. The molecular formula is C16H14F2N2O3S. The number of halogens is 2. The van der Waals surface area contributed by atoms with E-state index >= 15 is 0 Å². The fourth-order valence-electron chi connectivity index (χ4n) is 2.07. The molecule has 8 heteroatoms. The Morgan fingerprint density at radius 3 is 2.25 bits per heavy atom. The van der Waals surface area contributed by atoms with Crippen LogP contribution in [-0.4, -0.2) is 21.8 Å². The van der Waals surface area contributed by atoms with Crippen molar-refractivity contribution < 1.29 is 21.9 Å². The number of nitrogens with one attached hydrogen (secondary N) is 1. The first kappa shape index (κ1) is 17.7. The number of ether oxygens (including phenoxy) is 1. The molecule has 0 fully saturated rings. The first-order chi connectivity index (χ1) is 11.3. The second kappa shape index (κ2) is 6.84. The molecule has 0 radical (unpaired) electrons. The third-order valence-electron chi connectivity index (χ3n) is 3.33. The number of hydrogen-bond donors (Lipinski definition) is 1. The molecule has 126 valence electrons. The van der Waals surface area contributed by atoms with Crippen LogP contribution in [0.4, 0.5) is 14.5 Å². The molecule has 2 aromatic rings. The number of anilines is 1. The molecule has 1 atom stereocenters. The summed E-state index contributed by atoms with van der Waals surface area (Å²) in [5.74, 6) is -2.61. The van der Waals surface area contributed by atoms with Crippen molar-refractivity contribution in [3.63, 3.8) is 0 Å². The molecule has 2 aromatic carbocycles. The largest absolute Gasteiger partial charge is 0.494 e. The van der Waals surface area contributed by atoms with E-state index in [0.717, 1.165) is 6.26 Å². The smallest absolute Gasteiger partial charge is 0.200 e. The van der Waals surface area contributed by atoms with E-state index in [1.165, 1.54) is 43.5 Å². The molecule has 0 bridgehead atoms. The first-order valence-corrected chi connectivity index (χ1v) is 8.65. The molecule has 0 spiro atoms. The Bertz CT molecular complexity index is 891. The molecule has 0 aliphatic carbocycles. The lowest BCUT2D eigenvalue weighted by Gasteiger charge is -2.15. The van der Waals surface area contributed by atoms with Crippen LogP contribution in [0.3, 0.4) is 0 Å². The summed E-state index contributed by atoms with van der Waals surface area (Å²) in [5.41, 5.74) is 0.215. The van der Waals surface area contributed by atoms with Gasteiger partial charge in [0.05, 0.1) is 18.1 Å². The van der Waals surface area contributed by atoms with E-state index in [-0.39, 0.29) is 16.2 Å². The molecule has 0 saturated carbocycles. The van der Waals surface area contributed by atoms with Gasteiger partial charge in [-0.05, 0) is 36.4 Å². The monoisotopic (exact) mass is 352 g/mol. The van der Waals surface area contributed by atoms with Gasteiger partial charge in [-0.3, -0.25) is 0 Å². The van der Waals surface area contributed by atoms with Crippen LogP contribution in [0.25, 0.3) is 0 Å². The Morgan fingerprint density at radius 1 is 1.12 bits per heavy atom. The summed E-state index contributed by atoms with van der Waals surface area (Å²) in [6.45, 7) is 0. The Kier molecular flexibility index (Phi) is 5.04. The summed E-state index contributed by atoms with van der Waals surface area (Å²) in [7, 11) is -2.13. The summed E-state index contributed by atoms with van der Waals surface area (Å²) in [6.07, 6.45) is 1.07. The highest BCUT2D eigenvalue weighted by atomic mass is 32.2. The van der Waals surface area contributed by atoms with Gasteiger partial charge in [0.2, 0.25) is 5.82 Å². The molecular weight excluding hydrogens is 338 g/mol. The van der Waals surface area contributed by atoms with Crippen LogP contribution in [0.5, 0.6) is 5.75 Å². The molecule has 1 N–H and O–H groups in total. The van der Waals surface area contributed by atoms with E-state index in [4.69, 9.17) is 0 Å².